The van der Waals surface area contributed by atoms with Crippen LogP contribution in [0.1, 0.15) is 18.9 Å². The highest BCUT2D eigenvalue weighted by atomic mass is 32.1. The van der Waals surface area contributed by atoms with Gasteiger partial charge in [0.25, 0.3) is 0 Å². The van der Waals surface area contributed by atoms with E-state index in [1.54, 1.807) is 12.1 Å². The fraction of sp³-hybridized carbons (Fsp3) is 0.417. The van der Waals surface area contributed by atoms with Crippen molar-refractivity contribution in [2.24, 2.45) is 5.73 Å². The summed E-state index contributed by atoms with van der Waals surface area (Å²) in [4.78, 5) is 0.0744. The molecule has 0 bridgehead atoms. The first kappa shape index (κ1) is 13.9. The van der Waals surface area contributed by atoms with E-state index >= 15 is 0 Å². The van der Waals surface area contributed by atoms with Crippen LogP contribution in [-0.4, -0.2) is 24.7 Å². The number of nitrogens with two attached hydrogens (primary N) is 1. The monoisotopic (exact) mass is 256 g/mol. The fourth-order valence-electron chi connectivity index (χ4n) is 1.38. The van der Waals surface area contributed by atoms with E-state index in [1.807, 2.05) is 6.92 Å². The SMILES string of the molecule is CCOCCCNc1ccc(C(N)=S)c(F)c1. The van der Waals surface area contributed by atoms with Gasteiger partial charge in [-0.3, -0.25) is 0 Å². The van der Waals surface area contributed by atoms with Gasteiger partial charge in [-0.05, 0) is 31.5 Å². The van der Waals surface area contributed by atoms with Crippen molar-refractivity contribution in [3.63, 3.8) is 0 Å². The number of hydrogen-bond donors (Lipinski definition) is 2. The zero-order chi connectivity index (χ0) is 12.7. The fourth-order valence-corrected chi connectivity index (χ4v) is 1.54. The molecule has 1 rings (SSSR count). The van der Waals surface area contributed by atoms with Gasteiger partial charge in [-0.15, -0.1) is 0 Å². The molecular formula is C12H17FN2OS. The Hall–Kier alpha value is -1.20. The van der Waals surface area contributed by atoms with E-state index in [4.69, 9.17) is 22.7 Å². The first-order valence-corrected chi connectivity index (χ1v) is 5.97. The summed E-state index contributed by atoms with van der Waals surface area (Å²) < 4.78 is 18.7. The van der Waals surface area contributed by atoms with Crippen molar-refractivity contribution in [2.75, 3.05) is 25.1 Å². The summed E-state index contributed by atoms with van der Waals surface area (Å²) in [6.07, 6.45) is 0.881. The summed E-state index contributed by atoms with van der Waals surface area (Å²) in [5.74, 6) is -0.396. The van der Waals surface area contributed by atoms with Crippen molar-refractivity contribution in [2.45, 2.75) is 13.3 Å². The van der Waals surface area contributed by atoms with E-state index in [-0.39, 0.29) is 10.6 Å². The van der Waals surface area contributed by atoms with Gasteiger partial charge in [0.05, 0.1) is 0 Å². The molecule has 1 aromatic rings. The van der Waals surface area contributed by atoms with Gasteiger partial charge in [-0.1, -0.05) is 12.2 Å². The van der Waals surface area contributed by atoms with E-state index in [0.717, 1.165) is 25.3 Å². The van der Waals surface area contributed by atoms with Crippen LogP contribution >= 0.6 is 12.2 Å². The minimum Gasteiger partial charge on any atom is -0.389 e. The topological polar surface area (TPSA) is 47.3 Å². The van der Waals surface area contributed by atoms with Crippen molar-refractivity contribution < 1.29 is 9.13 Å². The second-order valence-electron chi connectivity index (χ2n) is 3.54. The smallest absolute Gasteiger partial charge is 0.135 e. The number of thiocarbonyl (C=S) groups is 1. The highest BCUT2D eigenvalue weighted by Gasteiger charge is 2.05. The molecule has 0 aliphatic rings. The second kappa shape index (κ2) is 7.19. The van der Waals surface area contributed by atoms with E-state index in [9.17, 15) is 4.39 Å². The molecule has 5 heteroatoms. The molecule has 0 saturated heterocycles. The van der Waals surface area contributed by atoms with Crippen LogP contribution in [0.3, 0.4) is 0 Å². The van der Waals surface area contributed by atoms with Crippen molar-refractivity contribution in [1.82, 2.24) is 0 Å². The van der Waals surface area contributed by atoms with Crippen LogP contribution in [0.5, 0.6) is 0 Å². The van der Waals surface area contributed by atoms with E-state index in [1.165, 1.54) is 6.07 Å². The Labute approximate surface area is 106 Å². The zero-order valence-corrected chi connectivity index (χ0v) is 10.6. The molecule has 0 amide bonds. The van der Waals surface area contributed by atoms with Gasteiger partial charge in [0.2, 0.25) is 0 Å². The molecule has 17 heavy (non-hydrogen) atoms. The van der Waals surface area contributed by atoms with Crippen LogP contribution < -0.4 is 11.1 Å². The Morgan fingerprint density at radius 3 is 2.88 bits per heavy atom. The second-order valence-corrected chi connectivity index (χ2v) is 3.98. The molecule has 0 aliphatic heterocycles. The standard InChI is InChI=1S/C12H17FN2OS/c1-2-16-7-3-6-15-9-4-5-10(12(14)17)11(13)8-9/h4-5,8,15H,2-3,6-7H2,1H3,(H2,14,17). The van der Waals surface area contributed by atoms with E-state index < -0.39 is 5.82 Å². The van der Waals surface area contributed by atoms with Gasteiger partial charge >= 0.3 is 0 Å². The van der Waals surface area contributed by atoms with Crippen LogP contribution in [0, 0.1) is 5.82 Å². The maximum atomic E-state index is 13.5. The van der Waals surface area contributed by atoms with Crippen LogP contribution in [0.25, 0.3) is 0 Å². The van der Waals surface area contributed by atoms with Gasteiger partial charge in [-0.2, -0.15) is 0 Å². The molecule has 3 nitrogen and oxygen atoms in total. The summed E-state index contributed by atoms with van der Waals surface area (Å²) in [5.41, 5.74) is 6.37. The predicted molar refractivity (Wildman–Crippen MR) is 71.9 cm³/mol. The summed E-state index contributed by atoms with van der Waals surface area (Å²) in [5, 5.41) is 3.11. The molecule has 0 saturated carbocycles. The molecule has 3 N–H and O–H groups in total. The summed E-state index contributed by atoms with van der Waals surface area (Å²) >= 11 is 4.73. The van der Waals surface area contributed by atoms with Crippen molar-refractivity contribution in [3.05, 3.63) is 29.6 Å². The van der Waals surface area contributed by atoms with Gasteiger partial charge in [0.1, 0.15) is 10.8 Å². The lowest BCUT2D eigenvalue weighted by Gasteiger charge is -2.08. The minimum atomic E-state index is -0.396. The van der Waals surface area contributed by atoms with Gasteiger partial charge in [0.15, 0.2) is 0 Å². The summed E-state index contributed by atoms with van der Waals surface area (Å²) in [6.45, 7) is 4.12. The lowest BCUT2D eigenvalue weighted by molar-refractivity contribution is 0.147. The van der Waals surface area contributed by atoms with Gasteiger partial charge in [-0.25, -0.2) is 4.39 Å². The van der Waals surface area contributed by atoms with Crippen LogP contribution in [0.15, 0.2) is 18.2 Å². The lowest BCUT2D eigenvalue weighted by atomic mass is 10.2. The number of benzene rings is 1. The van der Waals surface area contributed by atoms with Gasteiger partial charge < -0.3 is 15.8 Å². The third-order valence-electron chi connectivity index (χ3n) is 2.23. The van der Waals surface area contributed by atoms with Crippen LogP contribution in [0.4, 0.5) is 10.1 Å². The summed E-state index contributed by atoms with van der Waals surface area (Å²) in [7, 11) is 0. The third-order valence-corrected chi connectivity index (χ3v) is 2.45. The number of hydrogen-bond acceptors (Lipinski definition) is 3. The number of ether oxygens (including phenoxy) is 1. The lowest BCUT2D eigenvalue weighted by Crippen LogP contribution is -2.12. The number of halogens is 1. The first-order valence-electron chi connectivity index (χ1n) is 5.56. The minimum absolute atomic E-state index is 0.0744. The average molecular weight is 256 g/mol. The van der Waals surface area contributed by atoms with Crippen LogP contribution in [-0.2, 0) is 4.74 Å². The molecule has 0 aliphatic carbocycles. The molecule has 0 heterocycles. The largest absolute Gasteiger partial charge is 0.389 e. The average Bonchev–Trinajstić information content (AvgIpc) is 2.28. The van der Waals surface area contributed by atoms with E-state index in [0.29, 0.717) is 6.61 Å². The number of rotatable bonds is 7. The van der Waals surface area contributed by atoms with Gasteiger partial charge in [0, 0.05) is 31.0 Å². The summed E-state index contributed by atoms with van der Waals surface area (Å²) in [6, 6.07) is 4.75. The Balaban J connectivity index is 2.45. The molecule has 0 atom stereocenters. The first-order chi connectivity index (χ1) is 8.15. The Bertz CT molecular complexity index is 385. The van der Waals surface area contributed by atoms with E-state index in [2.05, 4.69) is 5.32 Å². The highest BCUT2D eigenvalue weighted by Crippen LogP contribution is 2.14. The highest BCUT2D eigenvalue weighted by molar-refractivity contribution is 7.80. The molecule has 0 unspecified atom stereocenters. The molecule has 0 radical (unpaired) electrons. The predicted octanol–water partition coefficient (Wildman–Crippen LogP) is 2.30. The Kier molecular flexibility index (Phi) is 5.86. The maximum Gasteiger partial charge on any atom is 0.135 e. The quantitative estimate of drug-likeness (QED) is 0.580. The number of nitrogens with one attached hydrogen (secondary N) is 1. The number of anilines is 1. The van der Waals surface area contributed by atoms with Crippen molar-refractivity contribution in [3.8, 4) is 0 Å². The molecule has 1 aromatic carbocycles. The molecule has 0 spiro atoms. The normalized spacial score (nSPS) is 10.2. The Morgan fingerprint density at radius 1 is 1.53 bits per heavy atom. The molecular weight excluding hydrogens is 239 g/mol. The Morgan fingerprint density at radius 2 is 2.29 bits per heavy atom. The maximum absolute atomic E-state index is 13.5. The zero-order valence-electron chi connectivity index (χ0n) is 9.83. The molecule has 0 fully saturated rings. The van der Waals surface area contributed by atoms with Crippen LogP contribution in [0.2, 0.25) is 0 Å². The van der Waals surface area contributed by atoms with Crippen molar-refractivity contribution >= 4 is 22.9 Å². The molecule has 0 aromatic heterocycles. The molecule has 94 valence electrons. The van der Waals surface area contributed by atoms with Crippen molar-refractivity contribution in [1.29, 1.82) is 0 Å². The third kappa shape index (κ3) is 4.66.